The smallest absolute Gasteiger partial charge is 0.343 e. The third-order valence-electron chi connectivity index (χ3n) is 6.33. The number of ether oxygens (including phenoxy) is 3. The molecule has 4 nitrogen and oxygen atoms in total. The molecule has 178 valence electrons. The van der Waals surface area contributed by atoms with E-state index in [-0.39, 0.29) is 23.3 Å². The van der Waals surface area contributed by atoms with Crippen LogP contribution in [0.2, 0.25) is 0 Å². The first-order valence-corrected chi connectivity index (χ1v) is 11.1. The van der Waals surface area contributed by atoms with Crippen molar-refractivity contribution in [3.63, 3.8) is 0 Å². The third-order valence-corrected chi connectivity index (χ3v) is 6.33. The number of methoxy groups -OCH3 is 2. The van der Waals surface area contributed by atoms with E-state index in [9.17, 15) is 18.0 Å². The van der Waals surface area contributed by atoms with Gasteiger partial charge in [-0.2, -0.15) is 4.39 Å². The van der Waals surface area contributed by atoms with Crippen LogP contribution in [0.5, 0.6) is 11.5 Å². The molecule has 34 heavy (non-hydrogen) atoms. The van der Waals surface area contributed by atoms with Gasteiger partial charge in [-0.1, -0.05) is 24.3 Å². The second kappa shape index (κ2) is 10.3. The van der Waals surface area contributed by atoms with Gasteiger partial charge in [0.05, 0.1) is 18.8 Å². The van der Waals surface area contributed by atoms with Crippen molar-refractivity contribution in [1.82, 2.24) is 0 Å². The van der Waals surface area contributed by atoms with Crippen LogP contribution in [0.15, 0.2) is 54.6 Å². The predicted molar refractivity (Wildman–Crippen MR) is 122 cm³/mol. The van der Waals surface area contributed by atoms with Gasteiger partial charge < -0.3 is 14.2 Å². The highest BCUT2D eigenvalue weighted by molar-refractivity contribution is 5.91. The molecule has 0 heterocycles. The molecule has 0 radical (unpaired) electrons. The molecular formula is C27H25F3O4. The molecule has 0 unspecified atom stereocenters. The van der Waals surface area contributed by atoms with Crippen LogP contribution >= 0.6 is 0 Å². The van der Waals surface area contributed by atoms with Crippen LogP contribution in [-0.2, 0) is 4.74 Å². The Labute approximate surface area is 196 Å². The van der Waals surface area contributed by atoms with E-state index in [1.807, 2.05) is 0 Å². The van der Waals surface area contributed by atoms with E-state index < -0.39 is 29.2 Å². The van der Waals surface area contributed by atoms with Gasteiger partial charge in [0.2, 0.25) is 5.82 Å². The van der Waals surface area contributed by atoms with Crippen molar-refractivity contribution in [2.45, 2.75) is 37.7 Å². The van der Waals surface area contributed by atoms with Crippen molar-refractivity contribution < 1.29 is 32.2 Å². The maximum Gasteiger partial charge on any atom is 0.343 e. The predicted octanol–water partition coefficient (Wildman–Crippen LogP) is 6.67. The molecule has 1 aliphatic carbocycles. The molecule has 3 aromatic rings. The highest BCUT2D eigenvalue weighted by Crippen LogP contribution is 2.37. The Morgan fingerprint density at radius 1 is 0.794 bits per heavy atom. The van der Waals surface area contributed by atoms with Gasteiger partial charge in [-0.05, 0) is 78.6 Å². The zero-order valence-corrected chi connectivity index (χ0v) is 18.9. The molecule has 0 atom stereocenters. The Morgan fingerprint density at radius 2 is 1.44 bits per heavy atom. The number of hydrogen-bond acceptors (Lipinski definition) is 4. The maximum atomic E-state index is 14.8. The number of carbonyl (C=O) groups excluding carboxylic acids is 1. The van der Waals surface area contributed by atoms with Crippen LogP contribution in [0.1, 0.15) is 47.5 Å². The monoisotopic (exact) mass is 470 g/mol. The number of esters is 1. The first kappa shape index (κ1) is 23.8. The molecular weight excluding hydrogens is 445 g/mol. The van der Waals surface area contributed by atoms with Crippen molar-refractivity contribution in [3.05, 3.63) is 83.2 Å². The molecule has 0 aromatic heterocycles. The van der Waals surface area contributed by atoms with Gasteiger partial charge in [0.15, 0.2) is 23.1 Å². The van der Waals surface area contributed by atoms with Crippen LogP contribution in [0.25, 0.3) is 11.1 Å². The Bertz CT molecular complexity index is 1170. The lowest BCUT2D eigenvalue weighted by Crippen LogP contribution is -2.20. The summed E-state index contributed by atoms with van der Waals surface area (Å²) in [4.78, 5) is 12.5. The maximum absolute atomic E-state index is 14.8. The van der Waals surface area contributed by atoms with E-state index in [0.29, 0.717) is 29.5 Å². The van der Waals surface area contributed by atoms with Gasteiger partial charge in [-0.15, -0.1) is 0 Å². The van der Waals surface area contributed by atoms with Crippen molar-refractivity contribution >= 4 is 5.97 Å². The van der Waals surface area contributed by atoms with E-state index in [4.69, 9.17) is 14.2 Å². The van der Waals surface area contributed by atoms with E-state index in [1.54, 1.807) is 25.3 Å². The fourth-order valence-corrected chi connectivity index (χ4v) is 4.35. The molecule has 3 aromatic carbocycles. The summed E-state index contributed by atoms with van der Waals surface area (Å²) in [6.07, 6.45) is 3.15. The number of rotatable bonds is 6. The molecule has 1 saturated carbocycles. The summed E-state index contributed by atoms with van der Waals surface area (Å²) in [5.41, 5.74) is 1.71. The lowest BCUT2D eigenvalue weighted by molar-refractivity contribution is 0.0653. The molecule has 0 spiro atoms. The second-order valence-electron chi connectivity index (χ2n) is 8.31. The van der Waals surface area contributed by atoms with Crippen LogP contribution in [0.3, 0.4) is 0 Å². The minimum absolute atomic E-state index is 0.0963. The lowest BCUT2D eigenvalue weighted by Gasteiger charge is -2.28. The largest absolute Gasteiger partial charge is 0.494 e. The van der Waals surface area contributed by atoms with E-state index in [2.05, 4.69) is 0 Å². The van der Waals surface area contributed by atoms with Crippen LogP contribution < -0.4 is 9.47 Å². The minimum Gasteiger partial charge on any atom is -0.494 e. The van der Waals surface area contributed by atoms with Crippen LogP contribution in [0, 0.1) is 17.5 Å². The zero-order chi connectivity index (χ0) is 24.2. The summed E-state index contributed by atoms with van der Waals surface area (Å²) in [6, 6.07) is 13.5. The number of halogens is 3. The number of benzene rings is 3. The van der Waals surface area contributed by atoms with E-state index >= 15 is 0 Å². The molecule has 7 heteroatoms. The number of hydrogen-bond donors (Lipinski definition) is 0. The van der Waals surface area contributed by atoms with E-state index in [0.717, 1.165) is 12.8 Å². The summed E-state index contributed by atoms with van der Waals surface area (Å²) in [5.74, 6) is -3.91. The molecule has 0 N–H and O–H groups in total. The van der Waals surface area contributed by atoms with Crippen LogP contribution in [0.4, 0.5) is 13.2 Å². The number of carbonyl (C=O) groups is 1. The summed E-state index contributed by atoms with van der Waals surface area (Å²) in [5, 5.41) is 0. The molecule has 0 amide bonds. The van der Waals surface area contributed by atoms with Gasteiger partial charge in [0, 0.05) is 7.11 Å². The molecule has 1 aliphatic rings. The topological polar surface area (TPSA) is 44.8 Å². The first-order valence-electron chi connectivity index (χ1n) is 11.1. The summed E-state index contributed by atoms with van der Waals surface area (Å²) >= 11 is 0. The molecule has 0 aliphatic heterocycles. The summed E-state index contributed by atoms with van der Waals surface area (Å²) < 4.78 is 58.8. The standard InChI is InChI=1S/C27H25F3O4/c1-32-20-10-7-17(8-11-20)21-12-14-24(26(30)25(21)29)34-27(31)18-5-3-16(4-6-18)19-9-13-23(33-2)22(28)15-19/h3-6,9,12-15,17,20H,7-8,10-11H2,1-2H3. The quantitative estimate of drug-likeness (QED) is 0.298. The van der Waals surface area contributed by atoms with Crippen molar-refractivity contribution in [3.8, 4) is 22.6 Å². The van der Waals surface area contributed by atoms with Gasteiger partial charge in [-0.3, -0.25) is 0 Å². The molecule has 0 saturated heterocycles. The Morgan fingerprint density at radius 3 is 2.06 bits per heavy atom. The normalized spacial score (nSPS) is 17.9. The van der Waals surface area contributed by atoms with Crippen molar-refractivity contribution in [2.24, 2.45) is 0 Å². The van der Waals surface area contributed by atoms with Gasteiger partial charge >= 0.3 is 5.97 Å². The summed E-state index contributed by atoms with van der Waals surface area (Å²) in [6.45, 7) is 0. The first-order chi connectivity index (χ1) is 16.4. The Kier molecular flexibility index (Phi) is 7.22. The molecule has 1 fully saturated rings. The lowest BCUT2D eigenvalue weighted by atomic mass is 9.82. The van der Waals surface area contributed by atoms with Gasteiger partial charge in [0.1, 0.15) is 0 Å². The minimum atomic E-state index is -1.18. The van der Waals surface area contributed by atoms with Crippen molar-refractivity contribution in [1.29, 1.82) is 0 Å². The van der Waals surface area contributed by atoms with Crippen LogP contribution in [-0.4, -0.2) is 26.3 Å². The van der Waals surface area contributed by atoms with Gasteiger partial charge in [-0.25, -0.2) is 13.6 Å². The second-order valence-corrected chi connectivity index (χ2v) is 8.31. The Balaban J connectivity index is 1.46. The zero-order valence-electron chi connectivity index (χ0n) is 18.9. The summed E-state index contributed by atoms with van der Waals surface area (Å²) in [7, 11) is 3.04. The average molecular weight is 470 g/mol. The Hall–Kier alpha value is -3.32. The van der Waals surface area contributed by atoms with Gasteiger partial charge in [0.25, 0.3) is 0 Å². The SMILES string of the molecule is COc1ccc(-c2ccc(C(=O)Oc3ccc(C4CCC(OC)CC4)c(F)c3F)cc2)cc1F. The highest BCUT2D eigenvalue weighted by Gasteiger charge is 2.27. The average Bonchev–Trinajstić information content (AvgIpc) is 2.87. The van der Waals surface area contributed by atoms with E-state index in [1.165, 1.54) is 43.5 Å². The fourth-order valence-electron chi connectivity index (χ4n) is 4.35. The van der Waals surface area contributed by atoms with Crippen molar-refractivity contribution in [2.75, 3.05) is 14.2 Å². The fraction of sp³-hybridized carbons (Fsp3) is 0.296. The molecule has 4 rings (SSSR count). The highest BCUT2D eigenvalue weighted by atomic mass is 19.2. The third kappa shape index (κ3) is 4.94. The molecule has 0 bridgehead atoms.